The van der Waals surface area contributed by atoms with Gasteiger partial charge in [0.25, 0.3) is 11.1 Å². The smallest absolute Gasteiger partial charge is 0.294 e. The van der Waals surface area contributed by atoms with E-state index >= 15 is 0 Å². The number of methoxy groups -OCH3 is 1. The van der Waals surface area contributed by atoms with E-state index < -0.39 is 23.6 Å². The molecule has 4 rings (SSSR count). The minimum atomic E-state index is -0.524. The number of thioether (sulfide) groups is 2. The fourth-order valence-electron chi connectivity index (χ4n) is 2.86. The molecule has 1 N–H and O–H groups in total. The summed E-state index contributed by atoms with van der Waals surface area (Å²) >= 11 is 3.08. The number of hydrogen-bond donors (Lipinski definition) is 1. The van der Waals surface area contributed by atoms with Crippen molar-refractivity contribution in [2.75, 3.05) is 19.0 Å². The molecule has 11 heteroatoms. The molecular weight excluding hydrogens is 468 g/mol. The van der Waals surface area contributed by atoms with Crippen LogP contribution in [-0.2, 0) is 9.59 Å². The number of imide groups is 1. The number of nitrogens with zero attached hydrogens (tertiary/aromatic N) is 3. The van der Waals surface area contributed by atoms with E-state index in [1.165, 1.54) is 11.3 Å². The molecule has 0 radical (unpaired) electrons. The molecule has 160 valence electrons. The van der Waals surface area contributed by atoms with Crippen molar-refractivity contribution in [3.05, 3.63) is 52.9 Å². The second-order valence-electron chi connectivity index (χ2n) is 6.43. The van der Waals surface area contributed by atoms with E-state index in [0.29, 0.717) is 16.4 Å². The van der Waals surface area contributed by atoms with Crippen LogP contribution in [0.4, 0.5) is 9.93 Å². The number of rotatable bonds is 6. The van der Waals surface area contributed by atoms with Crippen molar-refractivity contribution in [3.63, 3.8) is 0 Å². The predicted octanol–water partition coefficient (Wildman–Crippen LogP) is 4.55. The van der Waals surface area contributed by atoms with Crippen LogP contribution < -0.4 is 10.1 Å². The molecule has 1 fully saturated rings. The highest BCUT2D eigenvalue weighted by atomic mass is 32.2. The van der Waals surface area contributed by atoms with Crippen molar-refractivity contribution in [3.8, 4) is 11.2 Å². The Hall–Kier alpha value is -3.33. The number of carbonyl (C=O) groups is 3. The molecule has 0 unspecified atom stereocenters. The third kappa shape index (κ3) is 4.77. The lowest BCUT2D eigenvalue weighted by Gasteiger charge is -2.11. The van der Waals surface area contributed by atoms with Gasteiger partial charge >= 0.3 is 0 Å². The zero-order valence-corrected chi connectivity index (χ0v) is 19.0. The number of thiazole rings is 1. The summed E-state index contributed by atoms with van der Waals surface area (Å²) < 4.78 is 5.92. The Labute approximate surface area is 195 Å². The lowest BCUT2D eigenvalue weighted by atomic mass is 10.2. The minimum absolute atomic E-state index is 0.246. The van der Waals surface area contributed by atoms with Gasteiger partial charge in [0.15, 0.2) is 5.13 Å². The van der Waals surface area contributed by atoms with E-state index in [0.717, 1.165) is 43.6 Å². The van der Waals surface area contributed by atoms with E-state index in [-0.39, 0.29) is 4.91 Å². The number of nitriles is 1. The second kappa shape index (κ2) is 9.44. The maximum Gasteiger partial charge on any atom is 0.294 e. The van der Waals surface area contributed by atoms with Gasteiger partial charge < -0.3 is 10.1 Å². The topological polar surface area (TPSA) is 112 Å². The van der Waals surface area contributed by atoms with Crippen molar-refractivity contribution < 1.29 is 19.1 Å². The fourth-order valence-corrected chi connectivity index (χ4v) is 5.12. The van der Waals surface area contributed by atoms with Crippen molar-refractivity contribution in [2.45, 2.75) is 4.90 Å². The Morgan fingerprint density at radius 1 is 1.28 bits per heavy atom. The van der Waals surface area contributed by atoms with Crippen LogP contribution in [0.1, 0.15) is 5.56 Å². The van der Waals surface area contributed by atoms with Crippen LogP contribution in [0.2, 0.25) is 0 Å². The van der Waals surface area contributed by atoms with Gasteiger partial charge in [0, 0.05) is 4.90 Å². The molecule has 32 heavy (non-hydrogen) atoms. The maximum absolute atomic E-state index is 12.6. The monoisotopic (exact) mass is 482 g/mol. The summed E-state index contributed by atoms with van der Waals surface area (Å²) in [6.45, 7) is -0.407. The summed E-state index contributed by atoms with van der Waals surface area (Å²) in [5.74, 6) is -0.362. The summed E-state index contributed by atoms with van der Waals surface area (Å²) in [5.41, 5.74) is 1.42. The second-order valence-corrected chi connectivity index (χ2v) is 9.31. The van der Waals surface area contributed by atoms with Gasteiger partial charge in [-0.3, -0.25) is 19.3 Å². The summed E-state index contributed by atoms with van der Waals surface area (Å²) in [7, 11) is 1.56. The number of hydrogen-bond acceptors (Lipinski definition) is 9. The molecule has 1 saturated heterocycles. The summed E-state index contributed by atoms with van der Waals surface area (Å²) in [5, 5.41) is 13.3. The van der Waals surface area contributed by atoms with E-state index in [4.69, 9.17) is 10.00 Å². The van der Waals surface area contributed by atoms with Crippen molar-refractivity contribution in [2.24, 2.45) is 0 Å². The molecule has 1 aliphatic rings. The Bertz CT molecular complexity index is 1290. The first-order valence-electron chi connectivity index (χ1n) is 9.12. The SMILES string of the molecule is COc1ccc(/C=C2/SC(=O)N(CC(=O)Nc3nc4ccc(SC#N)cc4s3)C2=O)cc1. The average molecular weight is 483 g/mol. The quantitative estimate of drug-likeness (QED) is 0.309. The highest BCUT2D eigenvalue weighted by Crippen LogP contribution is 2.33. The van der Waals surface area contributed by atoms with E-state index in [1.807, 2.05) is 11.5 Å². The molecule has 2 heterocycles. The highest BCUT2D eigenvalue weighted by molar-refractivity contribution is 8.18. The average Bonchev–Trinajstić information content (AvgIpc) is 3.29. The first kappa shape index (κ1) is 21.9. The molecule has 3 aromatic rings. The highest BCUT2D eigenvalue weighted by Gasteiger charge is 2.36. The largest absolute Gasteiger partial charge is 0.497 e. The number of ether oxygens (including phenoxy) is 1. The third-order valence-corrected chi connectivity index (χ3v) is 6.78. The molecule has 1 aromatic heterocycles. The molecule has 0 saturated carbocycles. The van der Waals surface area contributed by atoms with Crippen molar-refractivity contribution >= 4 is 73.3 Å². The number of fused-ring (bicyclic) bond motifs is 1. The van der Waals surface area contributed by atoms with Crippen LogP contribution in [0.3, 0.4) is 0 Å². The molecule has 2 aromatic carbocycles. The number of amides is 3. The van der Waals surface area contributed by atoms with Crippen LogP contribution in [0.25, 0.3) is 16.3 Å². The van der Waals surface area contributed by atoms with Crippen LogP contribution in [0, 0.1) is 10.7 Å². The number of carbonyl (C=O) groups excluding carboxylic acids is 3. The van der Waals surface area contributed by atoms with Gasteiger partial charge in [-0.25, -0.2) is 4.98 Å². The first-order valence-corrected chi connectivity index (χ1v) is 11.6. The number of thiocyanates is 1. The van der Waals surface area contributed by atoms with E-state index in [1.54, 1.807) is 49.6 Å². The molecule has 3 amide bonds. The normalized spacial score (nSPS) is 14.8. The van der Waals surface area contributed by atoms with Crippen LogP contribution >= 0.6 is 34.9 Å². The van der Waals surface area contributed by atoms with Gasteiger partial charge in [0.2, 0.25) is 5.91 Å². The predicted molar refractivity (Wildman–Crippen MR) is 125 cm³/mol. The first-order chi connectivity index (χ1) is 15.5. The molecule has 8 nitrogen and oxygen atoms in total. The Morgan fingerprint density at radius 2 is 2.06 bits per heavy atom. The van der Waals surface area contributed by atoms with E-state index in [2.05, 4.69) is 10.3 Å². The summed E-state index contributed by atoms with van der Waals surface area (Å²) in [6, 6.07) is 12.4. The van der Waals surface area contributed by atoms with Gasteiger partial charge in [-0.15, -0.1) is 0 Å². The number of anilines is 1. The zero-order valence-electron chi connectivity index (χ0n) is 16.5. The molecular formula is C21H14N4O4S3. The van der Waals surface area contributed by atoms with Gasteiger partial charge in [-0.2, -0.15) is 5.26 Å². The molecule has 0 aliphatic carbocycles. The summed E-state index contributed by atoms with van der Waals surface area (Å²) in [4.78, 5) is 43.7. The lowest BCUT2D eigenvalue weighted by Crippen LogP contribution is -2.36. The maximum atomic E-state index is 12.6. The Balaban J connectivity index is 1.43. The fraction of sp³-hybridized carbons (Fsp3) is 0.0952. The Kier molecular flexibility index (Phi) is 6.45. The molecule has 1 aliphatic heterocycles. The zero-order chi connectivity index (χ0) is 22.7. The molecule has 0 bridgehead atoms. The minimum Gasteiger partial charge on any atom is -0.497 e. The Morgan fingerprint density at radius 3 is 2.78 bits per heavy atom. The van der Waals surface area contributed by atoms with E-state index in [9.17, 15) is 14.4 Å². The summed E-state index contributed by atoms with van der Waals surface area (Å²) in [6.07, 6.45) is 1.60. The number of nitrogens with one attached hydrogen (secondary N) is 1. The van der Waals surface area contributed by atoms with Gasteiger partial charge in [-0.05, 0) is 65.5 Å². The van der Waals surface area contributed by atoms with Crippen LogP contribution in [-0.4, -0.2) is 40.6 Å². The van der Waals surface area contributed by atoms with Crippen molar-refractivity contribution in [1.82, 2.24) is 9.88 Å². The lowest BCUT2D eigenvalue weighted by molar-refractivity contribution is -0.127. The van der Waals surface area contributed by atoms with Crippen LogP contribution in [0.15, 0.2) is 52.3 Å². The van der Waals surface area contributed by atoms with Gasteiger partial charge in [0.05, 0.1) is 22.2 Å². The van der Waals surface area contributed by atoms with Gasteiger partial charge in [0.1, 0.15) is 17.7 Å². The molecule has 0 spiro atoms. The van der Waals surface area contributed by atoms with Crippen molar-refractivity contribution in [1.29, 1.82) is 5.26 Å². The number of benzene rings is 2. The standard InChI is InChI=1S/C21H14N4O4S3/c1-29-13-4-2-12(3-5-13)8-17-19(27)25(21(28)32-17)10-18(26)24-20-23-15-7-6-14(30-11-22)9-16(15)31-20/h2-9H,10H2,1H3,(H,23,24,26)/b17-8+. The molecule has 0 atom stereocenters. The number of aromatic nitrogens is 1. The van der Waals surface area contributed by atoms with Gasteiger partial charge in [-0.1, -0.05) is 23.5 Å². The third-order valence-electron chi connectivity index (χ3n) is 4.36. The van der Waals surface area contributed by atoms with Crippen LogP contribution in [0.5, 0.6) is 5.75 Å².